The van der Waals surface area contributed by atoms with Crippen LogP contribution in [0.25, 0.3) is 0 Å². The third kappa shape index (κ3) is 2.81. The van der Waals surface area contributed by atoms with Crippen molar-refractivity contribution in [3.05, 3.63) is 0 Å². The lowest BCUT2D eigenvalue weighted by Gasteiger charge is -2.42. The molecule has 1 N–H and O–H groups in total. The van der Waals surface area contributed by atoms with Crippen LogP contribution in [0.5, 0.6) is 0 Å². The quantitative estimate of drug-likeness (QED) is 0.737. The molecule has 0 aliphatic carbocycles. The first kappa shape index (κ1) is 13.3. The topological polar surface area (TPSA) is 66.8 Å². The molecule has 100 valence electrons. The molecule has 0 aromatic heterocycles. The Labute approximate surface area is 103 Å². The summed E-state index contributed by atoms with van der Waals surface area (Å²) in [7, 11) is -1.38. The van der Waals surface area contributed by atoms with Crippen LogP contribution < -0.4 is 0 Å². The van der Waals surface area contributed by atoms with Gasteiger partial charge in [0.2, 0.25) is 0 Å². The molecule has 2 aliphatic rings. The summed E-state index contributed by atoms with van der Waals surface area (Å²) in [5, 5.41) is 9.86. The minimum Gasteiger partial charge on any atom is -0.390 e. The van der Waals surface area contributed by atoms with E-state index in [0.29, 0.717) is 6.54 Å². The zero-order valence-corrected chi connectivity index (χ0v) is 11.2. The van der Waals surface area contributed by atoms with Crippen LogP contribution in [0.2, 0.25) is 0 Å². The van der Waals surface area contributed by atoms with Crippen molar-refractivity contribution in [2.24, 2.45) is 0 Å². The summed E-state index contributed by atoms with van der Waals surface area (Å²) in [6.07, 6.45) is 1.21. The normalized spacial score (nSPS) is 42.8. The van der Waals surface area contributed by atoms with Crippen molar-refractivity contribution >= 4 is 9.84 Å². The number of hydrogen-bond acceptors (Lipinski definition) is 5. The van der Waals surface area contributed by atoms with E-state index in [9.17, 15) is 13.5 Å². The molecule has 0 aromatic carbocycles. The maximum atomic E-state index is 11.5. The molecule has 2 fully saturated rings. The second-order valence-corrected chi connectivity index (χ2v) is 7.59. The van der Waals surface area contributed by atoms with Gasteiger partial charge >= 0.3 is 0 Å². The SMILES string of the molecule is COC1(C)CCCN(C2CS(=O)(=O)CC2O)C1. The molecule has 0 radical (unpaired) electrons. The summed E-state index contributed by atoms with van der Waals surface area (Å²) >= 11 is 0. The standard InChI is InChI=1S/C11H21NO4S/c1-11(16-2)4-3-5-12(8-11)9-6-17(14,15)7-10(9)13/h9-10,13H,3-8H2,1-2H3. The van der Waals surface area contributed by atoms with Crippen molar-refractivity contribution < 1.29 is 18.3 Å². The van der Waals surface area contributed by atoms with Gasteiger partial charge in [-0.05, 0) is 26.3 Å². The summed E-state index contributed by atoms with van der Waals surface area (Å²) in [5.41, 5.74) is -0.218. The molecule has 2 saturated heterocycles. The van der Waals surface area contributed by atoms with E-state index < -0.39 is 15.9 Å². The molecule has 0 aromatic rings. The van der Waals surface area contributed by atoms with Crippen LogP contribution in [0.4, 0.5) is 0 Å². The van der Waals surface area contributed by atoms with Gasteiger partial charge in [0, 0.05) is 13.7 Å². The summed E-state index contributed by atoms with van der Waals surface area (Å²) in [6.45, 7) is 3.58. The monoisotopic (exact) mass is 263 g/mol. The van der Waals surface area contributed by atoms with Gasteiger partial charge in [-0.15, -0.1) is 0 Å². The maximum absolute atomic E-state index is 11.5. The van der Waals surface area contributed by atoms with Gasteiger partial charge < -0.3 is 9.84 Å². The van der Waals surface area contributed by atoms with Crippen LogP contribution in [0.3, 0.4) is 0 Å². The van der Waals surface area contributed by atoms with E-state index in [1.54, 1.807) is 7.11 Å². The fourth-order valence-electron chi connectivity index (χ4n) is 2.85. The molecule has 2 aliphatic heterocycles. The molecule has 5 nitrogen and oxygen atoms in total. The summed E-state index contributed by atoms with van der Waals surface area (Å²) < 4.78 is 28.5. The number of methoxy groups -OCH3 is 1. The molecule has 2 heterocycles. The van der Waals surface area contributed by atoms with Gasteiger partial charge in [-0.3, -0.25) is 4.90 Å². The number of sulfone groups is 1. The lowest BCUT2D eigenvalue weighted by Crippen LogP contribution is -2.54. The van der Waals surface area contributed by atoms with Gasteiger partial charge in [-0.2, -0.15) is 0 Å². The van der Waals surface area contributed by atoms with Crippen molar-refractivity contribution in [3.63, 3.8) is 0 Å². The third-order valence-electron chi connectivity index (χ3n) is 3.94. The Bertz CT molecular complexity index is 383. The van der Waals surface area contributed by atoms with Gasteiger partial charge in [-0.1, -0.05) is 0 Å². The molecule has 0 amide bonds. The largest absolute Gasteiger partial charge is 0.390 e. The van der Waals surface area contributed by atoms with Crippen LogP contribution in [0.15, 0.2) is 0 Å². The Hall–Kier alpha value is -0.170. The summed E-state index contributed by atoms with van der Waals surface area (Å²) in [6, 6.07) is -0.255. The smallest absolute Gasteiger partial charge is 0.154 e. The highest BCUT2D eigenvalue weighted by Crippen LogP contribution is 2.28. The minimum atomic E-state index is -3.07. The average molecular weight is 263 g/mol. The van der Waals surface area contributed by atoms with E-state index in [4.69, 9.17) is 4.74 Å². The summed E-state index contributed by atoms with van der Waals surface area (Å²) in [5.74, 6) is -0.0220. The fourth-order valence-corrected chi connectivity index (χ4v) is 4.68. The number of ether oxygens (including phenoxy) is 1. The van der Waals surface area contributed by atoms with E-state index in [2.05, 4.69) is 4.90 Å². The number of aliphatic hydroxyl groups is 1. The minimum absolute atomic E-state index is 0.0773. The fraction of sp³-hybridized carbons (Fsp3) is 1.00. The average Bonchev–Trinajstić information content (AvgIpc) is 2.52. The number of aliphatic hydroxyl groups excluding tert-OH is 1. The first-order valence-electron chi connectivity index (χ1n) is 6.03. The molecule has 3 atom stereocenters. The van der Waals surface area contributed by atoms with Crippen molar-refractivity contribution in [2.75, 3.05) is 31.7 Å². The van der Waals surface area contributed by atoms with Gasteiger partial charge in [0.15, 0.2) is 9.84 Å². The Balaban J connectivity index is 2.08. The molecule has 6 heteroatoms. The van der Waals surface area contributed by atoms with Crippen molar-refractivity contribution in [1.82, 2.24) is 4.90 Å². The molecular weight excluding hydrogens is 242 g/mol. The molecular formula is C11H21NO4S. The van der Waals surface area contributed by atoms with Gasteiger partial charge in [0.25, 0.3) is 0 Å². The third-order valence-corrected chi connectivity index (χ3v) is 5.64. The van der Waals surface area contributed by atoms with Crippen LogP contribution in [-0.4, -0.2) is 67.9 Å². The predicted molar refractivity (Wildman–Crippen MR) is 64.7 cm³/mol. The first-order chi connectivity index (χ1) is 7.85. The zero-order chi connectivity index (χ0) is 12.7. The zero-order valence-electron chi connectivity index (χ0n) is 10.4. The van der Waals surface area contributed by atoms with E-state index in [-0.39, 0.29) is 23.1 Å². The van der Waals surface area contributed by atoms with Crippen molar-refractivity contribution in [2.45, 2.75) is 37.5 Å². The second-order valence-electron chi connectivity index (χ2n) is 5.44. The lowest BCUT2D eigenvalue weighted by molar-refractivity contribution is -0.0692. The van der Waals surface area contributed by atoms with E-state index in [0.717, 1.165) is 19.4 Å². The highest BCUT2D eigenvalue weighted by Gasteiger charge is 2.43. The molecule has 0 bridgehead atoms. The van der Waals surface area contributed by atoms with Gasteiger partial charge in [0.1, 0.15) is 0 Å². The van der Waals surface area contributed by atoms with E-state index in [1.807, 2.05) is 6.92 Å². The molecule has 0 saturated carbocycles. The number of hydrogen-bond donors (Lipinski definition) is 1. The Morgan fingerprint density at radius 1 is 1.41 bits per heavy atom. The number of likely N-dealkylation sites (tertiary alicyclic amines) is 1. The Morgan fingerprint density at radius 3 is 2.65 bits per heavy atom. The van der Waals surface area contributed by atoms with Crippen LogP contribution in [0.1, 0.15) is 19.8 Å². The van der Waals surface area contributed by atoms with Gasteiger partial charge in [0.05, 0.1) is 29.3 Å². The Morgan fingerprint density at radius 2 is 2.12 bits per heavy atom. The molecule has 0 spiro atoms. The predicted octanol–water partition coefficient (Wildman–Crippen LogP) is -0.355. The van der Waals surface area contributed by atoms with E-state index >= 15 is 0 Å². The molecule has 17 heavy (non-hydrogen) atoms. The highest BCUT2D eigenvalue weighted by molar-refractivity contribution is 7.91. The van der Waals surface area contributed by atoms with Crippen molar-refractivity contribution in [3.8, 4) is 0 Å². The van der Waals surface area contributed by atoms with Crippen LogP contribution in [-0.2, 0) is 14.6 Å². The maximum Gasteiger partial charge on any atom is 0.154 e. The van der Waals surface area contributed by atoms with Crippen LogP contribution in [0, 0.1) is 0 Å². The lowest BCUT2D eigenvalue weighted by atomic mass is 9.93. The first-order valence-corrected chi connectivity index (χ1v) is 7.85. The molecule has 2 rings (SSSR count). The highest BCUT2D eigenvalue weighted by atomic mass is 32.2. The Kier molecular flexibility index (Phi) is 3.51. The van der Waals surface area contributed by atoms with Gasteiger partial charge in [-0.25, -0.2) is 8.42 Å². The van der Waals surface area contributed by atoms with Crippen molar-refractivity contribution in [1.29, 1.82) is 0 Å². The van der Waals surface area contributed by atoms with E-state index in [1.165, 1.54) is 0 Å². The number of nitrogens with zero attached hydrogens (tertiary/aromatic N) is 1. The van der Waals surface area contributed by atoms with Crippen LogP contribution >= 0.6 is 0 Å². The number of piperidine rings is 1. The molecule has 3 unspecified atom stereocenters. The number of rotatable bonds is 2. The second kappa shape index (κ2) is 4.50. The summed E-state index contributed by atoms with van der Waals surface area (Å²) in [4.78, 5) is 2.07.